The molecule has 1 atom stereocenters. The molecule has 2 aromatic carbocycles. The highest BCUT2D eigenvalue weighted by molar-refractivity contribution is 6.06. The molecular formula is C20H20O6. The van der Waals surface area contributed by atoms with Crippen LogP contribution in [0.5, 0.6) is 28.7 Å². The van der Waals surface area contributed by atoms with Crippen LogP contribution >= 0.6 is 0 Å². The van der Waals surface area contributed by atoms with Gasteiger partial charge in [-0.05, 0) is 31.9 Å². The molecule has 0 aliphatic carbocycles. The summed E-state index contributed by atoms with van der Waals surface area (Å²) in [6, 6.07) is 5.34. The Morgan fingerprint density at radius 2 is 1.85 bits per heavy atom. The molecule has 0 aromatic heterocycles. The summed E-state index contributed by atoms with van der Waals surface area (Å²) < 4.78 is 5.53. The third-order valence-corrected chi connectivity index (χ3v) is 4.36. The van der Waals surface area contributed by atoms with Crippen LogP contribution in [0.2, 0.25) is 0 Å². The quantitative estimate of drug-likeness (QED) is 0.496. The highest BCUT2D eigenvalue weighted by Gasteiger charge is 2.34. The van der Waals surface area contributed by atoms with Crippen LogP contribution in [0.1, 0.15) is 41.3 Å². The number of carbonyl (C=O) groups excluding carboxylic acids is 1. The van der Waals surface area contributed by atoms with Crippen LogP contribution in [0.4, 0.5) is 0 Å². The lowest BCUT2D eigenvalue weighted by Crippen LogP contribution is -2.26. The zero-order valence-corrected chi connectivity index (χ0v) is 14.5. The first kappa shape index (κ1) is 17.7. The molecule has 6 heteroatoms. The summed E-state index contributed by atoms with van der Waals surface area (Å²) >= 11 is 0. The lowest BCUT2D eigenvalue weighted by molar-refractivity contribution is 0.0892. The molecule has 0 amide bonds. The third-order valence-electron chi connectivity index (χ3n) is 4.36. The van der Waals surface area contributed by atoms with Crippen molar-refractivity contribution in [3.8, 4) is 28.7 Å². The minimum absolute atomic E-state index is 0.00102. The maximum Gasteiger partial charge on any atom is 0.181 e. The summed E-state index contributed by atoms with van der Waals surface area (Å²) in [5.41, 5.74) is 2.04. The van der Waals surface area contributed by atoms with Crippen molar-refractivity contribution in [2.45, 2.75) is 26.2 Å². The highest BCUT2D eigenvalue weighted by Crippen LogP contribution is 2.42. The molecule has 136 valence electrons. The van der Waals surface area contributed by atoms with E-state index in [1.165, 1.54) is 12.1 Å². The minimum Gasteiger partial charge on any atom is -0.508 e. The minimum atomic E-state index is -0.741. The van der Waals surface area contributed by atoms with Gasteiger partial charge in [0.05, 0.1) is 5.92 Å². The number of Topliss-reactive ketones (excluding diaryl/α,β-unsaturated/α-hetero) is 1. The van der Waals surface area contributed by atoms with Crippen molar-refractivity contribution in [3.63, 3.8) is 0 Å². The molecule has 26 heavy (non-hydrogen) atoms. The molecule has 0 bridgehead atoms. The summed E-state index contributed by atoms with van der Waals surface area (Å²) in [6.45, 7) is 3.85. The number of benzene rings is 2. The Bertz CT molecular complexity index is 909. The van der Waals surface area contributed by atoms with Gasteiger partial charge in [-0.2, -0.15) is 0 Å². The third kappa shape index (κ3) is 3.18. The van der Waals surface area contributed by atoms with Gasteiger partial charge in [-0.15, -0.1) is 0 Å². The fourth-order valence-corrected chi connectivity index (χ4v) is 2.99. The number of rotatable bonds is 3. The fraction of sp³-hybridized carbons (Fsp3) is 0.250. The zero-order valence-electron chi connectivity index (χ0n) is 14.5. The average molecular weight is 356 g/mol. The van der Waals surface area contributed by atoms with E-state index >= 15 is 0 Å². The van der Waals surface area contributed by atoms with Gasteiger partial charge in [-0.1, -0.05) is 17.7 Å². The first-order valence-electron chi connectivity index (χ1n) is 8.19. The summed E-state index contributed by atoms with van der Waals surface area (Å²) in [5.74, 6) is -2.08. The monoisotopic (exact) mass is 356 g/mol. The number of hydrogen-bond acceptors (Lipinski definition) is 6. The predicted octanol–water partition coefficient (Wildman–Crippen LogP) is 3.38. The van der Waals surface area contributed by atoms with Gasteiger partial charge in [0.2, 0.25) is 0 Å². The van der Waals surface area contributed by atoms with E-state index in [-0.39, 0.29) is 46.7 Å². The number of aromatic hydroxyl groups is 4. The van der Waals surface area contributed by atoms with Crippen molar-refractivity contribution in [1.29, 1.82) is 0 Å². The molecule has 0 fully saturated rings. The maximum absolute atomic E-state index is 12.8. The average Bonchev–Trinajstić information content (AvgIpc) is 2.55. The van der Waals surface area contributed by atoms with Gasteiger partial charge in [-0.3, -0.25) is 4.79 Å². The van der Waals surface area contributed by atoms with E-state index in [0.29, 0.717) is 17.5 Å². The van der Waals surface area contributed by atoms with Crippen LogP contribution in [0, 0.1) is 0 Å². The Hall–Kier alpha value is -3.15. The Labute approximate surface area is 150 Å². The molecule has 3 rings (SSSR count). The number of carbonyl (C=O) groups is 1. The Balaban J connectivity index is 2.02. The number of ether oxygens (including phenoxy) is 1. The van der Waals surface area contributed by atoms with Crippen LogP contribution in [-0.2, 0) is 6.42 Å². The van der Waals surface area contributed by atoms with Gasteiger partial charge in [0.15, 0.2) is 17.3 Å². The Morgan fingerprint density at radius 1 is 1.12 bits per heavy atom. The van der Waals surface area contributed by atoms with Crippen molar-refractivity contribution < 1.29 is 30.0 Å². The molecule has 0 radical (unpaired) electrons. The van der Waals surface area contributed by atoms with Gasteiger partial charge in [0.25, 0.3) is 0 Å². The molecule has 1 aliphatic rings. The maximum atomic E-state index is 12.8. The topological polar surface area (TPSA) is 107 Å². The zero-order chi connectivity index (χ0) is 19.0. The highest BCUT2D eigenvalue weighted by atomic mass is 16.5. The van der Waals surface area contributed by atoms with Crippen LogP contribution in [0.3, 0.4) is 0 Å². The number of phenols is 4. The largest absolute Gasteiger partial charge is 0.508 e. The van der Waals surface area contributed by atoms with E-state index in [1.807, 2.05) is 19.9 Å². The number of ketones is 1. The molecule has 2 aromatic rings. The van der Waals surface area contributed by atoms with Gasteiger partial charge in [0.1, 0.15) is 29.4 Å². The summed E-state index contributed by atoms with van der Waals surface area (Å²) in [5, 5.41) is 39.7. The standard InChI is InChI=1S/C20H20O6/c1-10(2)3-4-11-5-12(6-16(23)19(11)24)14-9-26-17-8-13(21)7-15(22)18(17)20(14)25/h3,5-8,14,21-24H,4,9H2,1-2H3. The summed E-state index contributed by atoms with van der Waals surface area (Å²) in [7, 11) is 0. The molecule has 0 saturated heterocycles. The SMILES string of the molecule is CC(C)=CCc1cc(C2COc3cc(O)cc(O)c3C2=O)cc(O)c1O. The van der Waals surface area contributed by atoms with E-state index in [4.69, 9.17) is 4.74 Å². The van der Waals surface area contributed by atoms with Crippen LogP contribution in [0.25, 0.3) is 0 Å². The molecule has 1 unspecified atom stereocenters. The van der Waals surface area contributed by atoms with Crippen molar-refractivity contribution >= 4 is 5.78 Å². The van der Waals surface area contributed by atoms with Crippen molar-refractivity contribution in [1.82, 2.24) is 0 Å². The summed E-state index contributed by atoms with van der Waals surface area (Å²) in [6.07, 6.45) is 2.31. The normalized spacial score (nSPS) is 15.9. The lowest BCUT2D eigenvalue weighted by atomic mass is 9.87. The van der Waals surface area contributed by atoms with Crippen LogP contribution in [0.15, 0.2) is 35.9 Å². The van der Waals surface area contributed by atoms with Gasteiger partial charge < -0.3 is 25.2 Å². The fourth-order valence-electron chi connectivity index (χ4n) is 2.99. The molecule has 1 heterocycles. The second-order valence-electron chi connectivity index (χ2n) is 6.60. The molecule has 6 nitrogen and oxygen atoms in total. The second kappa shape index (κ2) is 6.63. The van der Waals surface area contributed by atoms with E-state index in [2.05, 4.69) is 0 Å². The first-order valence-corrected chi connectivity index (χ1v) is 8.19. The number of fused-ring (bicyclic) bond motifs is 1. The second-order valence-corrected chi connectivity index (χ2v) is 6.60. The first-order chi connectivity index (χ1) is 12.3. The lowest BCUT2D eigenvalue weighted by Gasteiger charge is -2.25. The molecular weight excluding hydrogens is 336 g/mol. The molecule has 1 aliphatic heterocycles. The van der Waals surface area contributed by atoms with E-state index in [9.17, 15) is 25.2 Å². The number of phenolic OH excluding ortho intramolecular Hbond substituents is 4. The van der Waals surface area contributed by atoms with Crippen molar-refractivity contribution in [3.05, 3.63) is 52.6 Å². The van der Waals surface area contributed by atoms with Gasteiger partial charge in [0, 0.05) is 17.7 Å². The van der Waals surface area contributed by atoms with E-state index < -0.39 is 5.92 Å². The van der Waals surface area contributed by atoms with Gasteiger partial charge in [-0.25, -0.2) is 0 Å². The Morgan fingerprint density at radius 3 is 2.54 bits per heavy atom. The van der Waals surface area contributed by atoms with E-state index in [0.717, 1.165) is 11.6 Å². The van der Waals surface area contributed by atoms with Crippen molar-refractivity contribution in [2.24, 2.45) is 0 Å². The van der Waals surface area contributed by atoms with E-state index in [1.54, 1.807) is 6.07 Å². The van der Waals surface area contributed by atoms with Crippen LogP contribution < -0.4 is 4.74 Å². The van der Waals surface area contributed by atoms with Crippen LogP contribution in [-0.4, -0.2) is 32.8 Å². The smallest absolute Gasteiger partial charge is 0.181 e. The molecule has 0 spiro atoms. The number of hydrogen-bond donors (Lipinski definition) is 4. The van der Waals surface area contributed by atoms with Crippen molar-refractivity contribution in [2.75, 3.05) is 6.61 Å². The predicted molar refractivity (Wildman–Crippen MR) is 95.2 cm³/mol. The number of allylic oxidation sites excluding steroid dienone is 2. The van der Waals surface area contributed by atoms with Gasteiger partial charge >= 0.3 is 0 Å². The molecule has 0 saturated carbocycles. The Kier molecular flexibility index (Phi) is 4.50. The summed E-state index contributed by atoms with van der Waals surface area (Å²) in [4.78, 5) is 12.8. The molecule has 4 N–H and O–H groups in total.